The molecular weight excluding hydrogens is 264 g/mol. The maximum Gasteiger partial charge on any atom is 0.304 e. The molecule has 1 aromatic heterocycles. The number of nitrogens with zero attached hydrogens (tertiary/aromatic N) is 2. The molecule has 19 heavy (non-hydrogen) atoms. The lowest BCUT2D eigenvalue weighted by molar-refractivity contribution is -0.383. The van der Waals surface area contributed by atoms with Gasteiger partial charge in [-0.2, -0.15) is 0 Å². The molecule has 1 fully saturated rings. The standard InChI is InChI=1S/C13H20N2O3S/c1-9(16)12-7-11(15(17)18)13(19-12)14(2)8-10-5-3-4-6-10/h7,9-10,16H,3-6,8H2,1-2H3. The summed E-state index contributed by atoms with van der Waals surface area (Å²) in [5.41, 5.74) is 0.112. The van der Waals surface area contributed by atoms with Gasteiger partial charge in [0.25, 0.3) is 0 Å². The van der Waals surface area contributed by atoms with Gasteiger partial charge in [0.2, 0.25) is 0 Å². The summed E-state index contributed by atoms with van der Waals surface area (Å²) in [7, 11) is 1.91. The fourth-order valence-corrected chi connectivity index (χ4v) is 3.70. The second-order valence-electron chi connectivity index (χ2n) is 5.30. The lowest BCUT2D eigenvalue weighted by Crippen LogP contribution is -2.23. The molecule has 6 heteroatoms. The Morgan fingerprint density at radius 2 is 2.21 bits per heavy atom. The van der Waals surface area contributed by atoms with Crippen molar-refractivity contribution in [1.29, 1.82) is 0 Å². The fraction of sp³-hybridized carbons (Fsp3) is 0.692. The van der Waals surface area contributed by atoms with Crippen molar-refractivity contribution in [2.45, 2.75) is 38.7 Å². The van der Waals surface area contributed by atoms with Crippen LogP contribution in [0.1, 0.15) is 43.6 Å². The topological polar surface area (TPSA) is 66.6 Å². The van der Waals surface area contributed by atoms with Gasteiger partial charge in [-0.1, -0.05) is 12.8 Å². The third-order valence-electron chi connectivity index (χ3n) is 3.67. The van der Waals surface area contributed by atoms with Crippen LogP contribution in [0.25, 0.3) is 0 Å². The Kier molecular flexibility index (Phi) is 4.42. The molecular formula is C13H20N2O3S. The summed E-state index contributed by atoms with van der Waals surface area (Å²) >= 11 is 1.32. The van der Waals surface area contributed by atoms with Crippen LogP contribution in [0.3, 0.4) is 0 Å². The van der Waals surface area contributed by atoms with Crippen LogP contribution in [-0.2, 0) is 0 Å². The highest BCUT2D eigenvalue weighted by atomic mass is 32.1. The second kappa shape index (κ2) is 5.88. The van der Waals surface area contributed by atoms with Crippen molar-refractivity contribution in [3.8, 4) is 0 Å². The number of thiophene rings is 1. The summed E-state index contributed by atoms with van der Waals surface area (Å²) in [6.45, 7) is 2.50. The van der Waals surface area contributed by atoms with Crippen LogP contribution in [0.2, 0.25) is 0 Å². The van der Waals surface area contributed by atoms with E-state index in [0.717, 1.165) is 6.54 Å². The molecule has 1 atom stereocenters. The highest BCUT2D eigenvalue weighted by molar-refractivity contribution is 7.16. The average Bonchev–Trinajstić information content (AvgIpc) is 2.96. The average molecular weight is 284 g/mol. The minimum atomic E-state index is -0.655. The molecule has 1 heterocycles. The van der Waals surface area contributed by atoms with Gasteiger partial charge in [-0.05, 0) is 25.7 Å². The van der Waals surface area contributed by atoms with Gasteiger partial charge in [0.05, 0.1) is 11.0 Å². The molecule has 1 unspecified atom stereocenters. The van der Waals surface area contributed by atoms with Crippen molar-refractivity contribution < 1.29 is 10.0 Å². The van der Waals surface area contributed by atoms with Crippen LogP contribution in [-0.4, -0.2) is 23.6 Å². The summed E-state index contributed by atoms with van der Waals surface area (Å²) in [5, 5.41) is 21.3. The van der Waals surface area contributed by atoms with Crippen LogP contribution in [0, 0.1) is 16.0 Å². The van der Waals surface area contributed by atoms with Crippen LogP contribution < -0.4 is 4.90 Å². The molecule has 0 saturated heterocycles. The number of rotatable bonds is 5. The number of hydrogen-bond acceptors (Lipinski definition) is 5. The molecule has 106 valence electrons. The van der Waals surface area contributed by atoms with Crippen molar-refractivity contribution in [3.05, 3.63) is 21.1 Å². The lowest BCUT2D eigenvalue weighted by atomic mass is 10.1. The third-order valence-corrected chi connectivity index (χ3v) is 5.08. The fourth-order valence-electron chi connectivity index (χ4n) is 2.66. The highest BCUT2D eigenvalue weighted by Crippen LogP contribution is 2.40. The molecule has 0 bridgehead atoms. The van der Waals surface area contributed by atoms with Crippen LogP contribution in [0.4, 0.5) is 10.7 Å². The molecule has 0 amide bonds. The second-order valence-corrected chi connectivity index (χ2v) is 6.37. The molecule has 5 nitrogen and oxygen atoms in total. The minimum Gasteiger partial charge on any atom is -0.388 e. The number of aliphatic hydroxyl groups excluding tert-OH is 1. The van der Waals surface area contributed by atoms with Gasteiger partial charge in [0.1, 0.15) is 0 Å². The number of hydrogen-bond donors (Lipinski definition) is 1. The van der Waals surface area contributed by atoms with Crippen molar-refractivity contribution in [2.24, 2.45) is 5.92 Å². The van der Waals surface area contributed by atoms with Gasteiger partial charge in [0.15, 0.2) is 5.00 Å². The molecule has 1 N–H and O–H groups in total. The zero-order valence-corrected chi connectivity index (χ0v) is 12.2. The van der Waals surface area contributed by atoms with E-state index >= 15 is 0 Å². The summed E-state index contributed by atoms with van der Waals surface area (Å²) in [6, 6.07) is 1.50. The maximum atomic E-state index is 11.1. The lowest BCUT2D eigenvalue weighted by Gasteiger charge is -2.20. The van der Waals surface area contributed by atoms with Gasteiger partial charge in [-0.25, -0.2) is 0 Å². The largest absolute Gasteiger partial charge is 0.388 e. The van der Waals surface area contributed by atoms with Crippen LogP contribution >= 0.6 is 11.3 Å². The van der Waals surface area contributed by atoms with Gasteiger partial charge >= 0.3 is 5.69 Å². The smallest absolute Gasteiger partial charge is 0.304 e. The number of anilines is 1. The Balaban J connectivity index is 2.18. The monoisotopic (exact) mass is 284 g/mol. The van der Waals surface area contributed by atoms with E-state index in [1.165, 1.54) is 43.1 Å². The summed E-state index contributed by atoms with van der Waals surface area (Å²) in [4.78, 5) is 13.4. The van der Waals surface area contributed by atoms with E-state index < -0.39 is 6.10 Å². The van der Waals surface area contributed by atoms with Crippen molar-refractivity contribution >= 4 is 22.0 Å². The Labute approximate surface area is 117 Å². The minimum absolute atomic E-state index is 0.112. The molecule has 1 aromatic rings. The molecule has 2 rings (SSSR count). The third kappa shape index (κ3) is 3.25. The number of aliphatic hydroxyl groups is 1. The molecule has 1 aliphatic rings. The van der Waals surface area contributed by atoms with E-state index in [1.807, 2.05) is 11.9 Å². The summed E-state index contributed by atoms with van der Waals surface area (Å²) in [5.74, 6) is 0.640. The Hall–Kier alpha value is -1.14. The highest BCUT2D eigenvalue weighted by Gasteiger charge is 2.26. The van der Waals surface area contributed by atoms with E-state index in [4.69, 9.17) is 0 Å². The predicted molar refractivity (Wildman–Crippen MR) is 76.8 cm³/mol. The van der Waals surface area contributed by atoms with Gasteiger partial charge in [-0.15, -0.1) is 11.3 Å². The molecule has 1 aliphatic carbocycles. The van der Waals surface area contributed by atoms with Crippen molar-refractivity contribution in [3.63, 3.8) is 0 Å². The first kappa shape index (κ1) is 14.3. The molecule has 1 saturated carbocycles. The van der Waals surface area contributed by atoms with E-state index in [0.29, 0.717) is 15.8 Å². The van der Waals surface area contributed by atoms with Gasteiger partial charge < -0.3 is 10.0 Å². The Morgan fingerprint density at radius 1 is 1.58 bits per heavy atom. The number of nitro groups is 1. The Bertz CT molecular complexity index is 453. The first-order valence-corrected chi connectivity index (χ1v) is 7.48. The predicted octanol–water partition coefficient (Wildman–Crippen LogP) is 3.34. The first-order valence-electron chi connectivity index (χ1n) is 6.66. The molecule has 0 spiro atoms. The van der Waals surface area contributed by atoms with Crippen LogP contribution in [0.15, 0.2) is 6.07 Å². The van der Waals surface area contributed by atoms with Crippen molar-refractivity contribution in [1.82, 2.24) is 0 Å². The SMILES string of the molecule is CC(O)c1cc([N+](=O)[O-])c(N(C)CC2CCCC2)s1. The first-order chi connectivity index (χ1) is 8.99. The molecule has 0 radical (unpaired) electrons. The zero-order valence-electron chi connectivity index (χ0n) is 11.3. The van der Waals surface area contributed by atoms with E-state index in [2.05, 4.69) is 0 Å². The summed E-state index contributed by atoms with van der Waals surface area (Å²) < 4.78 is 0. The normalized spacial score (nSPS) is 17.6. The van der Waals surface area contributed by atoms with Crippen molar-refractivity contribution in [2.75, 3.05) is 18.5 Å². The zero-order chi connectivity index (χ0) is 14.0. The maximum absolute atomic E-state index is 11.1. The summed E-state index contributed by atoms with van der Waals surface area (Å²) in [6.07, 6.45) is 4.31. The molecule has 0 aliphatic heterocycles. The Morgan fingerprint density at radius 3 is 2.74 bits per heavy atom. The van der Waals surface area contributed by atoms with Gasteiger partial charge in [-0.3, -0.25) is 10.1 Å². The molecule has 0 aromatic carbocycles. The van der Waals surface area contributed by atoms with E-state index in [1.54, 1.807) is 6.92 Å². The van der Waals surface area contributed by atoms with E-state index in [9.17, 15) is 15.2 Å². The van der Waals surface area contributed by atoms with E-state index in [-0.39, 0.29) is 10.6 Å². The van der Waals surface area contributed by atoms with Gasteiger partial charge in [0, 0.05) is 24.5 Å². The van der Waals surface area contributed by atoms with Crippen LogP contribution in [0.5, 0.6) is 0 Å². The quantitative estimate of drug-likeness (QED) is 0.665.